The number of H-pyrrole nitrogens is 1. The lowest BCUT2D eigenvalue weighted by atomic mass is 10.3. The van der Waals surface area contributed by atoms with Crippen molar-refractivity contribution in [1.29, 1.82) is 0 Å². The molecule has 0 bridgehead atoms. The number of aromatic amines is 1. The molecular formula is C12H15N3OS. The van der Waals surface area contributed by atoms with E-state index in [1.807, 2.05) is 23.7 Å². The van der Waals surface area contributed by atoms with E-state index < -0.39 is 0 Å². The Bertz CT molecular complexity index is 436. The van der Waals surface area contributed by atoms with Gasteiger partial charge in [-0.2, -0.15) is 0 Å². The molecule has 0 aliphatic carbocycles. The molecule has 0 unspecified atom stereocenters. The van der Waals surface area contributed by atoms with Crippen LogP contribution in [0.5, 0.6) is 0 Å². The summed E-state index contributed by atoms with van der Waals surface area (Å²) in [5, 5.41) is 4.90. The first-order chi connectivity index (χ1) is 8.34. The number of carbonyl (C=O) groups is 1. The number of thiophene rings is 1. The molecule has 17 heavy (non-hydrogen) atoms. The van der Waals surface area contributed by atoms with Crippen LogP contribution in [0, 0.1) is 0 Å². The number of rotatable bonds is 6. The van der Waals surface area contributed by atoms with Crippen LogP contribution in [0.4, 0.5) is 0 Å². The fourth-order valence-corrected chi connectivity index (χ4v) is 2.26. The van der Waals surface area contributed by atoms with Gasteiger partial charge in [0, 0.05) is 30.2 Å². The Balaban J connectivity index is 1.60. The molecule has 2 rings (SSSR count). The number of nitrogens with one attached hydrogen (secondary N) is 2. The zero-order chi connectivity index (χ0) is 11.9. The SMILES string of the molecule is O=C(Cc1cccs1)NCCCc1ncc[nH]1. The van der Waals surface area contributed by atoms with Crippen molar-refractivity contribution in [3.63, 3.8) is 0 Å². The second-order valence-electron chi connectivity index (χ2n) is 3.75. The van der Waals surface area contributed by atoms with E-state index in [9.17, 15) is 4.79 Å². The first-order valence-corrected chi connectivity index (χ1v) is 6.50. The van der Waals surface area contributed by atoms with Crippen LogP contribution in [-0.2, 0) is 17.6 Å². The molecule has 0 fully saturated rings. The summed E-state index contributed by atoms with van der Waals surface area (Å²) in [5.74, 6) is 1.06. The van der Waals surface area contributed by atoms with Crippen LogP contribution in [-0.4, -0.2) is 22.4 Å². The molecule has 0 aliphatic rings. The van der Waals surface area contributed by atoms with E-state index in [4.69, 9.17) is 0 Å². The number of amides is 1. The van der Waals surface area contributed by atoms with Gasteiger partial charge in [-0.25, -0.2) is 4.98 Å². The van der Waals surface area contributed by atoms with E-state index in [1.54, 1.807) is 17.5 Å². The van der Waals surface area contributed by atoms with Crippen LogP contribution >= 0.6 is 11.3 Å². The lowest BCUT2D eigenvalue weighted by molar-refractivity contribution is -0.120. The Morgan fingerprint density at radius 1 is 1.53 bits per heavy atom. The van der Waals surface area contributed by atoms with Crippen molar-refractivity contribution in [1.82, 2.24) is 15.3 Å². The zero-order valence-electron chi connectivity index (χ0n) is 9.48. The minimum atomic E-state index is 0.0897. The predicted molar refractivity (Wildman–Crippen MR) is 67.9 cm³/mol. The standard InChI is InChI=1S/C12H15N3OS/c16-12(9-10-3-2-8-17-10)15-5-1-4-11-13-6-7-14-11/h2-3,6-8H,1,4-5,9H2,(H,13,14)(H,15,16). The van der Waals surface area contributed by atoms with Gasteiger partial charge in [-0.15, -0.1) is 11.3 Å². The number of nitrogens with zero attached hydrogens (tertiary/aromatic N) is 1. The van der Waals surface area contributed by atoms with Crippen molar-refractivity contribution >= 4 is 17.2 Å². The highest BCUT2D eigenvalue weighted by Gasteiger charge is 2.03. The highest BCUT2D eigenvalue weighted by atomic mass is 32.1. The van der Waals surface area contributed by atoms with Crippen LogP contribution < -0.4 is 5.32 Å². The summed E-state index contributed by atoms with van der Waals surface area (Å²) in [4.78, 5) is 19.8. The maximum absolute atomic E-state index is 11.5. The molecule has 2 N–H and O–H groups in total. The van der Waals surface area contributed by atoms with Gasteiger partial charge in [0.1, 0.15) is 5.82 Å². The average molecular weight is 249 g/mol. The fraction of sp³-hybridized carbons (Fsp3) is 0.333. The summed E-state index contributed by atoms with van der Waals surface area (Å²) in [5.41, 5.74) is 0. The molecule has 0 saturated carbocycles. The number of carbonyl (C=O) groups excluding carboxylic acids is 1. The highest BCUT2D eigenvalue weighted by molar-refractivity contribution is 7.10. The van der Waals surface area contributed by atoms with E-state index in [2.05, 4.69) is 15.3 Å². The van der Waals surface area contributed by atoms with Gasteiger partial charge < -0.3 is 10.3 Å². The van der Waals surface area contributed by atoms with Crippen molar-refractivity contribution in [3.8, 4) is 0 Å². The van der Waals surface area contributed by atoms with Crippen LogP contribution in [0.25, 0.3) is 0 Å². The largest absolute Gasteiger partial charge is 0.356 e. The van der Waals surface area contributed by atoms with E-state index in [0.717, 1.165) is 23.5 Å². The van der Waals surface area contributed by atoms with Gasteiger partial charge in [0.25, 0.3) is 0 Å². The lowest BCUT2D eigenvalue weighted by Gasteiger charge is -2.03. The van der Waals surface area contributed by atoms with E-state index in [1.165, 1.54) is 0 Å². The Hall–Kier alpha value is -1.62. The molecule has 5 heteroatoms. The van der Waals surface area contributed by atoms with Crippen LogP contribution in [0.2, 0.25) is 0 Å². The van der Waals surface area contributed by atoms with Crippen LogP contribution in [0.3, 0.4) is 0 Å². The van der Waals surface area contributed by atoms with Crippen molar-refractivity contribution in [2.75, 3.05) is 6.54 Å². The third kappa shape index (κ3) is 4.03. The van der Waals surface area contributed by atoms with E-state index >= 15 is 0 Å². The molecule has 0 saturated heterocycles. The molecule has 0 radical (unpaired) electrons. The van der Waals surface area contributed by atoms with Gasteiger partial charge in [0.15, 0.2) is 0 Å². The Kier molecular flexibility index (Phi) is 4.32. The zero-order valence-corrected chi connectivity index (χ0v) is 10.3. The fourth-order valence-electron chi connectivity index (χ4n) is 1.55. The maximum Gasteiger partial charge on any atom is 0.225 e. The first kappa shape index (κ1) is 11.9. The maximum atomic E-state index is 11.5. The summed E-state index contributed by atoms with van der Waals surface area (Å²) in [6, 6.07) is 3.94. The molecular weight excluding hydrogens is 234 g/mol. The van der Waals surface area contributed by atoms with E-state index in [-0.39, 0.29) is 5.91 Å². The number of aryl methyl sites for hydroxylation is 1. The predicted octanol–water partition coefficient (Wildman–Crippen LogP) is 1.76. The topological polar surface area (TPSA) is 57.8 Å². The molecule has 90 valence electrons. The Labute approximate surface area is 104 Å². The number of imidazole rings is 1. The first-order valence-electron chi connectivity index (χ1n) is 5.62. The number of hydrogen-bond acceptors (Lipinski definition) is 3. The van der Waals surface area contributed by atoms with Crippen molar-refractivity contribution < 1.29 is 4.79 Å². The molecule has 0 aromatic carbocycles. The minimum absolute atomic E-state index is 0.0897. The molecule has 0 atom stereocenters. The third-order valence-electron chi connectivity index (χ3n) is 2.38. The molecule has 0 aliphatic heterocycles. The molecule has 4 nitrogen and oxygen atoms in total. The molecule has 2 aromatic heterocycles. The van der Waals surface area contributed by atoms with Crippen LogP contribution in [0.1, 0.15) is 17.1 Å². The molecule has 2 aromatic rings. The average Bonchev–Trinajstić information content (AvgIpc) is 2.96. The second-order valence-corrected chi connectivity index (χ2v) is 4.78. The third-order valence-corrected chi connectivity index (χ3v) is 3.26. The van der Waals surface area contributed by atoms with Crippen LogP contribution in [0.15, 0.2) is 29.9 Å². The highest BCUT2D eigenvalue weighted by Crippen LogP contribution is 2.08. The second kappa shape index (κ2) is 6.20. The monoisotopic (exact) mass is 249 g/mol. The lowest BCUT2D eigenvalue weighted by Crippen LogP contribution is -2.26. The summed E-state index contributed by atoms with van der Waals surface area (Å²) in [6.45, 7) is 0.699. The van der Waals surface area contributed by atoms with Gasteiger partial charge in [0.05, 0.1) is 6.42 Å². The molecule has 1 amide bonds. The van der Waals surface area contributed by atoms with Gasteiger partial charge in [-0.05, 0) is 17.9 Å². The van der Waals surface area contributed by atoms with Gasteiger partial charge in [-0.3, -0.25) is 4.79 Å². The van der Waals surface area contributed by atoms with Gasteiger partial charge in [-0.1, -0.05) is 6.07 Å². The van der Waals surface area contributed by atoms with Crippen molar-refractivity contribution in [3.05, 3.63) is 40.6 Å². The normalized spacial score (nSPS) is 10.4. The van der Waals surface area contributed by atoms with Gasteiger partial charge in [0.2, 0.25) is 5.91 Å². The quantitative estimate of drug-likeness (QED) is 0.766. The summed E-state index contributed by atoms with van der Waals surface area (Å²) in [6.07, 6.45) is 5.81. The van der Waals surface area contributed by atoms with Crippen molar-refractivity contribution in [2.24, 2.45) is 0 Å². The molecule has 0 spiro atoms. The number of aromatic nitrogens is 2. The van der Waals surface area contributed by atoms with E-state index in [0.29, 0.717) is 13.0 Å². The number of hydrogen-bond donors (Lipinski definition) is 2. The Morgan fingerprint density at radius 3 is 3.18 bits per heavy atom. The minimum Gasteiger partial charge on any atom is -0.356 e. The summed E-state index contributed by atoms with van der Waals surface area (Å²) < 4.78 is 0. The van der Waals surface area contributed by atoms with Crippen molar-refractivity contribution in [2.45, 2.75) is 19.3 Å². The molecule has 2 heterocycles. The van der Waals surface area contributed by atoms with Gasteiger partial charge >= 0.3 is 0 Å². The Morgan fingerprint density at radius 2 is 2.47 bits per heavy atom. The summed E-state index contributed by atoms with van der Waals surface area (Å²) in [7, 11) is 0. The smallest absolute Gasteiger partial charge is 0.225 e. The summed E-state index contributed by atoms with van der Waals surface area (Å²) >= 11 is 1.61.